The van der Waals surface area contributed by atoms with E-state index in [1.54, 1.807) is 0 Å². The second-order valence-electron chi connectivity index (χ2n) is 7.52. The van der Waals surface area contributed by atoms with Crippen LogP contribution in [0.25, 0.3) is 10.9 Å². The molecule has 0 aliphatic carbocycles. The Hall–Kier alpha value is -3.70. The van der Waals surface area contributed by atoms with E-state index in [0.29, 0.717) is 13.0 Å². The maximum atomic E-state index is 12.4. The van der Waals surface area contributed by atoms with Gasteiger partial charge < -0.3 is 4.74 Å². The van der Waals surface area contributed by atoms with Crippen molar-refractivity contribution in [3.8, 4) is 5.75 Å². The number of carbonyl (C=O) groups is 1. The van der Waals surface area contributed by atoms with Crippen molar-refractivity contribution in [2.75, 3.05) is 5.06 Å². The Bertz CT molecular complexity index is 1240. The molecule has 0 atom stereocenters. The molecule has 0 saturated heterocycles. The third-order valence-corrected chi connectivity index (χ3v) is 5.35. The zero-order chi connectivity index (χ0) is 21.0. The number of rotatable bonds is 6. The Balaban J connectivity index is 1.24. The smallest absolute Gasteiger partial charge is 0.251 e. The summed E-state index contributed by atoms with van der Waals surface area (Å²) in [6.07, 6.45) is 1.21. The van der Waals surface area contributed by atoms with Gasteiger partial charge in [-0.1, -0.05) is 54.6 Å². The first kappa shape index (κ1) is 19.3. The first-order valence-corrected chi connectivity index (χ1v) is 10.4. The summed E-state index contributed by atoms with van der Waals surface area (Å²) in [5.74, 6) is 0.718. The van der Waals surface area contributed by atoms with Crippen LogP contribution in [0.4, 0.5) is 5.69 Å². The number of amides is 1. The molecule has 1 amide bonds. The number of pyridine rings is 1. The van der Waals surface area contributed by atoms with Crippen molar-refractivity contribution in [3.63, 3.8) is 0 Å². The van der Waals surface area contributed by atoms with Crippen molar-refractivity contribution >= 4 is 22.5 Å². The molecule has 1 aromatic heterocycles. The van der Waals surface area contributed by atoms with Crippen molar-refractivity contribution in [1.82, 2.24) is 4.98 Å². The minimum absolute atomic E-state index is 0.0199. The summed E-state index contributed by atoms with van der Waals surface area (Å²) in [4.78, 5) is 22.9. The molecule has 1 aliphatic heterocycles. The second-order valence-corrected chi connectivity index (χ2v) is 7.52. The zero-order valence-electron chi connectivity index (χ0n) is 17.0. The number of nitrogens with zero attached hydrogens (tertiary/aromatic N) is 2. The molecular formula is C26H22N2O3. The lowest BCUT2D eigenvalue weighted by molar-refractivity contribution is -0.127. The molecule has 1 aliphatic rings. The largest absolute Gasteiger partial charge is 0.487 e. The van der Waals surface area contributed by atoms with E-state index in [4.69, 9.17) is 9.57 Å². The highest BCUT2D eigenvalue weighted by atomic mass is 16.7. The number of hydroxylamine groups is 1. The number of anilines is 1. The van der Waals surface area contributed by atoms with Crippen LogP contribution in [0.5, 0.6) is 5.75 Å². The molecule has 0 unspecified atom stereocenters. The van der Waals surface area contributed by atoms with E-state index < -0.39 is 0 Å². The normalized spacial score (nSPS) is 13.3. The minimum atomic E-state index is -0.0199. The summed E-state index contributed by atoms with van der Waals surface area (Å²) in [6.45, 7) is 0.665. The fourth-order valence-corrected chi connectivity index (χ4v) is 3.75. The van der Waals surface area contributed by atoms with Gasteiger partial charge in [-0.05, 0) is 47.9 Å². The highest BCUT2D eigenvalue weighted by Crippen LogP contribution is 2.28. The highest BCUT2D eigenvalue weighted by Gasteiger charge is 2.24. The van der Waals surface area contributed by atoms with Crippen LogP contribution in [0, 0.1) is 0 Å². The molecule has 4 aromatic rings. The van der Waals surface area contributed by atoms with Gasteiger partial charge in [-0.2, -0.15) is 5.06 Å². The van der Waals surface area contributed by atoms with Crippen molar-refractivity contribution in [3.05, 3.63) is 102 Å². The Morgan fingerprint density at radius 2 is 1.71 bits per heavy atom. The van der Waals surface area contributed by atoms with Gasteiger partial charge in [0.25, 0.3) is 5.91 Å². The van der Waals surface area contributed by atoms with Gasteiger partial charge in [0.05, 0.1) is 16.9 Å². The molecule has 0 fully saturated rings. The molecule has 2 heterocycles. The van der Waals surface area contributed by atoms with E-state index in [-0.39, 0.29) is 12.5 Å². The van der Waals surface area contributed by atoms with Crippen LogP contribution in [0.15, 0.2) is 84.9 Å². The first-order chi connectivity index (χ1) is 15.3. The van der Waals surface area contributed by atoms with Gasteiger partial charge in [-0.25, -0.2) is 4.98 Å². The zero-order valence-corrected chi connectivity index (χ0v) is 17.0. The van der Waals surface area contributed by atoms with E-state index in [1.165, 1.54) is 5.06 Å². The third-order valence-electron chi connectivity index (χ3n) is 5.35. The molecular weight excluding hydrogens is 388 g/mol. The third kappa shape index (κ3) is 4.27. The van der Waals surface area contributed by atoms with Crippen molar-refractivity contribution < 1.29 is 14.4 Å². The van der Waals surface area contributed by atoms with E-state index >= 15 is 0 Å². The molecule has 0 radical (unpaired) electrons. The number of hydrogen-bond acceptors (Lipinski definition) is 4. The van der Waals surface area contributed by atoms with Crippen LogP contribution < -0.4 is 9.80 Å². The minimum Gasteiger partial charge on any atom is -0.487 e. The number of fused-ring (bicyclic) bond motifs is 2. The summed E-state index contributed by atoms with van der Waals surface area (Å²) in [6, 6.07) is 27.6. The van der Waals surface area contributed by atoms with Gasteiger partial charge >= 0.3 is 0 Å². The van der Waals surface area contributed by atoms with Gasteiger partial charge in [-0.15, -0.1) is 0 Å². The van der Waals surface area contributed by atoms with Gasteiger partial charge in [0.15, 0.2) is 0 Å². The summed E-state index contributed by atoms with van der Waals surface area (Å²) < 4.78 is 5.95. The fraction of sp³-hybridized carbons (Fsp3) is 0.154. The SMILES string of the molecule is O=C1CCc2ccccc2N1OCc1cccc(OCc2ccc3ccccc3n2)c1. The van der Waals surface area contributed by atoms with E-state index in [1.807, 2.05) is 78.9 Å². The number of hydrogen-bond donors (Lipinski definition) is 0. The molecule has 5 rings (SSSR count). The molecule has 3 aromatic carbocycles. The highest BCUT2D eigenvalue weighted by molar-refractivity contribution is 5.94. The van der Waals surface area contributed by atoms with Crippen LogP contribution >= 0.6 is 0 Å². The van der Waals surface area contributed by atoms with E-state index in [0.717, 1.165) is 45.6 Å². The summed E-state index contributed by atoms with van der Waals surface area (Å²) in [7, 11) is 0. The predicted octanol–water partition coefficient (Wildman–Crippen LogP) is 5.22. The number of carbonyl (C=O) groups excluding carboxylic acids is 1. The number of aromatic nitrogens is 1. The van der Waals surface area contributed by atoms with E-state index in [2.05, 4.69) is 11.1 Å². The average molecular weight is 410 g/mol. The molecule has 0 saturated carbocycles. The Morgan fingerprint density at radius 1 is 0.839 bits per heavy atom. The maximum absolute atomic E-state index is 12.4. The summed E-state index contributed by atoms with van der Waals surface area (Å²) in [5, 5.41) is 2.53. The molecule has 0 N–H and O–H groups in total. The van der Waals surface area contributed by atoms with Gasteiger partial charge in [-0.3, -0.25) is 9.63 Å². The van der Waals surface area contributed by atoms with Crippen LogP contribution in [-0.2, 0) is 29.3 Å². The number of benzene rings is 3. The monoisotopic (exact) mass is 410 g/mol. The standard InChI is InChI=1S/C26H22N2O3/c29-26-15-13-21-8-2-4-11-25(21)28(26)31-17-19-6-5-9-23(16-19)30-18-22-14-12-20-7-1-3-10-24(20)27-22/h1-12,14,16H,13,15,17-18H2. The molecule has 154 valence electrons. The number of aryl methyl sites for hydroxylation is 1. The van der Waals surface area contributed by atoms with Crippen LogP contribution in [0.2, 0.25) is 0 Å². The Kier molecular flexibility index (Phi) is 5.33. The lowest BCUT2D eigenvalue weighted by atomic mass is 10.0. The van der Waals surface area contributed by atoms with Crippen LogP contribution in [-0.4, -0.2) is 10.9 Å². The van der Waals surface area contributed by atoms with Crippen molar-refractivity contribution in [1.29, 1.82) is 0 Å². The first-order valence-electron chi connectivity index (χ1n) is 10.4. The molecule has 31 heavy (non-hydrogen) atoms. The number of ether oxygens (including phenoxy) is 1. The van der Waals surface area contributed by atoms with Crippen molar-refractivity contribution in [2.24, 2.45) is 0 Å². The van der Waals surface area contributed by atoms with Gasteiger partial charge in [0.2, 0.25) is 0 Å². The molecule has 5 nitrogen and oxygen atoms in total. The van der Waals surface area contributed by atoms with Gasteiger partial charge in [0.1, 0.15) is 19.0 Å². The maximum Gasteiger partial charge on any atom is 0.251 e. The lowest BCUT2D eigenvalue weighted by Gasteiger charge is -2.28. The molecule has 5 heteroatoms. The van der Waals surface area contributed by atoms with Gasteiger partial charge in [0, 0.05) is 11.8 Å². The summed E-state index contributed by atoms with van der Waals surface area (Å²) in [5.41, 5.74) is 4.71. The number of para-hydroxylation sites is 2. The lowest BCUT2D eigenvalue weighted by Crippen LogP contribution is -2.35. The van der Waals surface area contributed by atoms with Crippen molar-refractivity contribution in [2.45, 2.75) is 26.1 Å². The fourth-order valence-electron chi connectivity index (χ4n) is 3.75. The van der Waals surface area contributed by atoms with Crippen LogP contribution in [0.3, 0.4) is 0 Å². The Morgan fingerprint density at radius 3 is 2.68 bits per heavy atom. The average Bonchev–Trinajstić information content (AvgIpc) is 2.82. The second kappa shape index (κ2) is 8.58. The summed E-state index contributed by atoms with van der Waals surface area (Å²) >= 11 is 0. The van der Waals surface area contributed by atoms with Crippen LogP contribution in [0.1, 0.15) is 23.2 Å². The topological polar surface area (TPSA) is 51.7 Å². The molecule has 0 bridgehead atoms. The quantitative estimate of drug-likeness (QED) is 0.437. The van der Waals surface area contributed by atoms with E-state index in [9.17, 15) is 4.79 Å². The Labute approximate surface area is 180 Å². The molecule has 0 spiro atoms. The predicted molar refractivity (Wildman–Crippen MR) is 120 cm³/mol.